The lowest BCUT2D eigenvalue weighted by molar-refractivity contribution is -0.137. The summed E-state index contributed by atoms with van der Waals surface area (Å²) in [5.74, 6) is -0.784. The molecule has 1 aliphatic carbocycles. The zero-order valence-electron chi connectivity index (χ0n) is 35.4. The molecule has 2 aliphatic heterocycles. The van der Waals surface area contributed by atoms with E-state index in [0.717, 1.165) is 16.5 Å². The monoisotopic (exact) mass is 911 g/mol. The maximum Gasteiger partial charge on any atom is 0.303 e. The summed E-state index contributed by atoms with van der Waals surface area (Å²) >= 11 is 0. The molecule has 0 saturated heterocycles. The Morgan fingerprint density at radius 3 is 2.21 bits per heavy atom. The van der Waals surface area contributed by atoms with E-state index in [1.54, 1.807) is 25.3 Å². The molecule has 0 spiro atoms. The van der Waals surface area contributed by atoms with E-state index in [4.69, 9.17) is 19.0 Å². The van der Waals surface area contributed by atoms with Crippen molar-refractivity contribution in [1.82, 2.24) is 4.58 Å². The van der Waals surface area contributed by atoms with E-state index in [1.807, 2.05) is 46.7 Å². The molecule has 1 unspecified atom stereocenters. The number of hydrogen-bond acceptors (Lipinski definition) is 11. The Bertz CT molecular complexity index is 2450. The van der Waals surface area contributed by atoms with Crippen molar-refractivity contribution in [3.05, 3.63) is 82.6 Å². The standard InChI is InChI=1S/C42H58N2O14S3/c1-41(2,3)35-29-32(58-38-28-31(15-17-34(35)38)43(20-11-27-60(50,51)52)22-23-57-25-24-56-5)12-9-13-39-42(4,19-10-26-59(47,48)49)36-30-33(61(53,54)55)16-18-37(36)44(39)21-8-6-7-14-40(45)46/h9,12-13,15-18,28-30H,6-8,10-11,14,19-27H2,1-5H3,(H3-,45,46,47,48,49,50,51,52,53,54,55)/p+1. The average molecular weight is 912 g/mol. The number of carbonyl (C=O) groups is 1. The molecule has 1 aromatic rings. The van der Waals surface area contributed by atoms with Crippen LogP contribution < -0.4 is 14.8 Å². The Labute approximate surface area is 359 Å². The second kappa shape index (κ2) is 20.9. The Balaban J connectivity index is 1.85. The summed E-state index contributed by atoms with van der Waals surface area (Å²) in [5, 5.41) is 9.90. The first-order valence-corrected chi connectivity index (χ1v) is 24.7. The lowest BCUT2D eigenvalue weighted by atomic mass is 9.77. The van der Waals surface area contributed by atoms with Crippen molar-refractivity contribution in [2.45, 2.75) is 88.4 Å². The zero-order valence-corrected chi connectivity index (χ0v) is 37.8. The number of allylic oxidation sites excluding steroid dienone is 3. The number of ether oxygens (including phenoxy) is 2. The van der Waals surface area contributed by atoms with E-state index in [0.29, 0.717) is 87.2 Å². The molecule has 0 radical (unpaired) electrons. The van der Waals surface area contributed by atoms with E-state index in [9.17, 15) is 43.7 Å². The minimum Gasteiger partial charge on any atom is -0.481 e. The maximum atomic E-state index is 12.3. The van der Waals surface area contributed by atoms with Gasteiger partial charge in [0.2, 0.25) is 5.36 Å². The molecule has 4 rings (SSSR count). The van der Waals surface area contributed by atoms with Gasteiger partial charge in [0.1, 0.15) is 24.7 Å². The summed E-state index contributed by atoms with van der Waals surface area (Å²) < 4.78 is 119. The molecule has 0 saturated carbocycles. The molecular weight excluding hydrogens is 853 g/mol. The summed E-state index contributed by atoms with van der Waals surface area (Å²) in [7, 11) is -11.5. The van der Waals surface area contributed by atoms with Gasteiger partial charge in [-0.1, -0.05) is 33.3 Å². The van der Waals surface area contributed by atoms with Crippen LogP contribution in [-0.4, -0.2) is 108 Å². The van der Waals surface area contributed by atoms with Gasteiger partial charge in [0, 0.05) is 54.9 Å². The SMILES string of the molecule is COCCOCC[N+](CCCS(=O)(=O)O)=c1ccc2c(C(C)(C)C)cc(/C=C/C=C3/N(CCCCCC(=O)O)c4ccc(S(=O)(=O)O)cc4C3(C)CCCS(=O)(=O)O)oc-2c1. The van der Waals surface area contributed by atoms with Gasteiger partial charge >= 0.3 is 5.97 Å². The topological polar surface area (TPSA) is 238 Å². The third-order valence-electron chi connectivity index (χ3n) is 10.6. The smallest absolute Gasteiger partial charge is 0.303 e. The molecular formula is C42H59N2O14S3+. The fraction of sp³-hybridized carbons (Fsp3) is 0.524. The first-order chi connectivity index (χ1) is 28.4. The van der Waals surface area contributed by atoms with E-state index in [-0.39, 0.29) is 36.0 Å². The molecule has 1 atom stereocenters. The first-order valence-electron chi connectivity index (χ1n) is 20.1. The Hall–Kier alpha value is -3.95. The lowest BCUT2D eigenvalue weighted by Crippen LogP contribution is -2.35. The molecule has 3 aliphatic rings. The normalized spacial score (nSPS) is 17.4. The number of hydrogen-bond donors (Lipinski definition) is 4. The van der Waals surface area contributed by atoms with E-state index in [1.165, 1.54) is 12.1 Å². The molecule has 61 heavy (non-hydrogen) atoms. The average Bonchev–Trinajstić information content (AvgIpc) is 3.37. The summed E-state index contributed by atoms with van der Waals surface area (Å²) in [6.07, 6.45) is 7.41. The van der Waals surface area contributed by atoms with Crippen molar-refractivity contribution >= 4 is 48.1 Å². The molecule has 4 N–H and O–H groups in total. The van der Waals surface area contributed by atoms with Crippen molar-refractivity contribution in [2.75, 3.05) is 63.0 Å². The Morgan fingerprint density at radius 1 is 0.869 bits per heavy atom. The fourth-order valence-corrected chi connectivity index (χ4v) is 9.09. The molecule has 2 heterocycles. The van der Waals surface area contributed by atoms with Crippen LogP contribution in [0.4, 0.5) is 5.69 Å². The van der Waals surface area contributed by atoms with E-state index in [2.05, 4.69) is 20.8 Å². The number of anilines is 1. The van der Waals surface area contributed by atoms with Gasteiger partial charge in [-0.2, -0.15) is 25.3 Å². The van der Waals surface area contributed by atoms with Gasteiger partial charge in [-0.25, -0.2) is 4.58 Å². The number of fused-ring (bicyclic) bond motifs is 2. The number of carboxylic acid groups (broad SMARTS) is 1. The molecule has 16 nitrogen and oxygen atoms in total. The second-order valence-corrected chi connectivity index (χ2v) is 20.9. The van der Waals surface area contributed by atoms with Crippen molar-refractivity contribution in [3.63, 3.8) is 0 Å². The van der Waals surface area contributed by atoms with Crippen LogP contribution in [0.15, 0.2) is 69.6 Å². The number of carboxylic acids is 1. The van der Waals surface area contributed by atoms with Crippen molar-refractivity contribution in [1.29, 1.82) is 0 Å². The van der Waals surface area contributed by atoms with Crippen LogP contribution in [0.3, 0.4) is 0 Å². The van der Waals surface area contributed by atoms with Crippen molar-refractivity contribution in [2.24, 2.45) is 0 Å². The summed E-state index contributed by atoms with van der Waals surface area (Å²) in [6, 6.07) is 12.0. The molecule has 0 aromatic heterocycles. The highest BCUT2D eigenvalue weighted by Crippen LogP contribution is 2.51. The zero-order chi connectivity index (χ0) is 45.2. The number of nitrogens with zero attached hydrogens (tertiary/aromatic N) is 2. The summed E-state index contributed by atoms with van der Waals surface area (Å²) in [6.45, 7) is 10.4. The molecule has 1 aromatic carbocycles. The lowest BCUT2D eigenvalue weighted by Gasteiger charge is -2.30. The van der Waals surface area contributed by atoms with Crippen LogP contribution in [0.1, 0.15) is 89.5 Å². The Morgan fingerprint density at radius 2 is 1.57 bits per heavy atom. The van der Waals surface area contributed by atoms with Crippen LogP contribution in [0.25, 0.3) is 17.4 Å². The third kappa shape index (κ3) is 14.6. The predicted octanol–water partition coefficient (Wildman–Crippen LogP) is 5.63. The number of methoxy groups -OCH3 is 1. The number of benzene rings is 2. The van der Waals surface area contributed by atoms with Crippen LogP contribution in [-0.2, 0) is 55.5 Å². The Kier molecular flexibility index (Phi) is 17.1. The van der Waals surface area contributed by atoms with Gasteiger partial charge in [0.15, 0.2) is 6.54 Å². The number of aliphatic carboxylic acids is 1. The second-order valence-electron chi connectivity index (χ2n) is 16.4. The van der Waals surface area contributed by atoms with Crippen LogP contribution in [0.2, 0.25) is 0 Å². The van der Waals surface area contributed by atoms with E-state index >= 15 is 0 Å². The first kappa shape index (κ1) is 49.7. The molecule has 0 fully saturated rings. The van der Waals surface area contributed by atoms with Crippen molar-refractivity contribution in [3.8, 4) is 11.3 Å². The predicted molar refractivity (Wildman–Crippen MR) is 233 cm³/mol. The van der Waals surface area contributed by atoms with E-state index < -0.39 is 53.2 Å². The minimum absolute atomic E-state index is 0.00969. The molecule has 19 heteroatoms. The van der Waals surface area contributed by atoms with Gasteiger partial charge in [0.25, 0.3) is 30.4 Å². The molecule has 0 bridgehead atoms. The van der Waals surface area contributed by atoms with Gasteiger partial charge in [0.05, 0.1) is 35.7 Å². The largest absolute Gasteiger partial charge is 0.481 e. The highest BCUT2D eigenvalue weighted by molar-refractivity contribution is 7.86. The van der Waals surface area contributed by atoms with Gasteiger partial charge in [-0.3, -0.25) is 18.5 Å². The number of rotatable bonds is 23. The third-order valence-corrected chi connectivity index (χ3v) is 13.0. The quantitative estimate of drug-likeness (QED) is 0.0512. The minimum atomic E-state index is -4.60. The summed E-state index contributed by atoms with van der Waals surface area (Å²) in [5.41, 5.74) is 2.38. The van der Waals surface area contributed by atoms with Crippen LogP contribution in [0.5, 0.6) is 0 Å². The number of unbranched alkanes of at least 4 members (excludes halogenated alkanes) is 2. The summed E-state index contributed by atoms with van der Waals surface area (Å²) in [4.78, 5) is 12.8. The van der Waals surface area contributed by atoms with Crippen LogP contribution in [0, 0.1) is 0 Å². The van der Waals surface area contributed by atoms with Gasteiger partial charge < -0.3 is 23.9 Å². The maximum absolute atomic E-state index is 12.3. The molecule has 338 valence electrons. The van der Waals surface area contributed by atoms with Gasteiger partial charge in [-0.05, 0) is 91.6 Å². The molecule has 0 amide bonds. The highest BCUT2D eigenvalue weighted by atomic mass is 32.2. The van der Waals surface area contributed by atoms with Crippen LogP contribution >= 0.6 is 0 Å². The van der Waals surface area contributed by atoms with Crippen molar-refractivity contribution < 1.29 is 62.7 Å². The fourth-order valence-electron chi connectivity index (χ4n) is 7.58. The van der Waals surface area contributed by atoms with Gasteiger partial charge in [-0.15, -0.1) is 0 Å². The highest BCUT2D eigenvalue weighted by Gasteiger charge is 2.43.